The van der Waals surface area contributed by atoms with E-state index in [-0.39, 0.29) is 29.6 Å². The highest BCUT2D eigenvalue weighted by Crippen LogP contribution is 2.45. The third-order valence-electron chi connectivity index (χ3n) is 7.47. The fourth-order valence-corrected chi connectivity index (χ4v) is 5.54. The number of nitrogens with one attached hydrogen (secondary N) is 1. The summed E-state index contributed by atoms with van der Waals surface area (Å²) in [7, 11) is 0. The minimum absolute atomic E-state index is 0.0589. The van der Waals surface area contributed by atoms with Gasteiger partial charge in [0.2, 0.25) is 0 Å². The van der Waals surface area contributed by atoms with Crippen molar-refractivity contribution in [2.24, 2.45) is 11.3 Å². The first-order chi connectivity index (χ1) is 14.8. The first-order valence-corrected chi connectivity index (χ1v) is 11.6. The Bertz CT molecular complexity index is 877. The molecule has 0 spiro atoms. The average Bonchev–Trinajstić information content (AvgIpc) is 3.06. The standard InChI is InChI=1S/C27H35NO3/c1-26(2,3)19-12-14-27(15-13-19,16-17-29)28-25(30)31-18-24-22-10-6-4-8-20(22)21-9-5-7-11-23(21)24/h4-11,19,24,29H,12-18H2,1-3H3,(H,28,30). The van der Waals surface area contributed by atoms with Crippen molar-refractivity contribution in [2.45, 2.75) is 64.3 Å². The van der Waals surface area contributed by atoms with Gasteiger partial charge in [-0.15, -0.1) is 0 Å². The topological polar surface area (TPSA) is 58.6 Å². The van der Waals surface area contributed by atoms with E-state index < -0.39 is 0 Å². The van der Waals surface area contributed by atoms with Crippen LogP contribution >= 0.6 is 0 Å². The molecule has 1 fully saturated rings. The molecule has 0 radical (unpaired) electrons. The zero-order valence-corrected chi connectivity index (χ0v) is 19.0. The molecule has 0 aliphatic heterocycles. The van der Waals surface area contributed by atoms with E-state index in [0.29, 0.717) is 18.9 Å². The summed E-state index contributed by atoms with van der Waals surface area (Å²) in [6.45, 7) is 7.25. The van der Waals surface area contributed by atoms with Gasteiger partial charge in [0.15, 0.2) is 0 Å². The molecule has 2 N–H and O–H groups in total. The molecular weight excluding hydrogens is 386 g/mol. The number of benzene rings is 2. The Hall–Kier alpha value is -2.33. The van der Waals surface area contributed by atoms with E-state index in [0.717, 1.165) is 25.7 Å². The van der Waals surface area contributed by atoms with Crippen LogP contribution in [0.4, 0.5) is 4.79 Å². The molecule has 0 heterocycles. The van der Waals surface area contributed by atoms with Gasteiger partial charge in [0.25, 0.3) is 0 Å². The summed E-state index contributed by atoms with van der Waals surface area (Å²) in [6, 6.07) is 16.7. The highest BCUT2D eigenvalue weighted by molar-refractivity contribution is 5.79. The molecule has 0 unspecified atom stereocenters. The Morgan fingerprint density at radius 3 is 2.10 bits per heavy atom. The van der Waals surface area contributed by atoms with E-state index in [4.69, 9.17) is 4.74 Å². The van der Waals surface area contributed by atoms with Crippen LogP contribution in [0.1, 0.15) is 69.9 Å². The highest BCUT2D eigenvalue weighted by atomic mass is 16.5. The number of alkyl carbamates (subject to hydrolysis) is 1. The summed E-state index contributed by atoms with van der Waals surface area (Å²) in [5.74, 6) is 0.701. The third-order valence-corrected chi connectivity index (χ3v) is 7.47. The van der Waals surface area contributed by atoms with Gasteiger partial charge in [0, 0.05) is 18.1 Å². The maximum atomic E-state index is 12.8. The van der Waals surface area contributed by atoms with E-state index in [1.165, 1.54) is 22.3 Å². The molecule has 1 saturated carbocycles. The molecule has 2 aliphatic rings. The van der Waals surface area contributed by atoms with E-state index in [1.807, 2.05) is 12.1 Å². The number of aliphatic hydroxyl groups is 1. The van der Waals surface area contributed by atoms with Crippen LogP contribution in [0, 0.1) is 11.3 Å². The van der Waals surface area contributed by atoms with Gasteiger partial charge in [-0.05, 0) is 65.7 Å². The summed E-state index contributed by atoms with van der Waals surface area (Å²) in [5, 5.41) is 12.8. The Morgan fingerprint density at radius 1 is 1.03 bits per heavy atom. The normalized spacial score (nSPS) is 23.2. The lowest BCUT2D eigenvalue weighted by Gasteiger charge is -2.44. The molecule has 4 nitrogen and oxygen atoms in total. The number of aliphatic hydroxyl groups excluding tert-OH is 1. The van der Waals surface area contributed by atoms with Crippen LogP contribution in [0.5, 0.6) is 0 Å². The lowest BCUT2D eigenvalue weighted by molar-refractivity contribution is 0.0793. The molecule has 2 aromatic carbocycles. The number of hydrogen-bond donors (Lipinski definition) is 2. The number of rotatable bonds is 5. The molecule has 31 heavy (non-hydrogen) atoms. The van der Waals surface area contributed by atoms with E-state index in [9.17, 15) is 9.90 Å². The van der Waals surface area contributed by atoms with Crippen molar-refractivity contribution in [3.63, 3.8) is 0 Å². The Morgan fingerprint density at radius 2 is 1.58 bits per heavy atom. The van der Waals surface area contributed by atoms with Gasteiger partial charge in [-0.2, -0.15) is 0 Å². The van der Waals surface area contributed by atoms with Crippen LogP contribution in [0.15, 0.2) is 48.5 Å². The van der Waals surface area contributed by atoms with Crippen molar-refractivity contribution < 1.29 is 14.6 Å². The monoisotopic (exact) mass is 421 g/mol. The quantitative estimate of drug-likeness (QED) is 0.633. The number of fused-ring (bicyclic) bond motifs is 3. The van der Waals surface area contributed by atoms with E-state index in [2.05, 4.69) is 62.5 Å². The van der Waals surface area contributed by atoms with Crippen molar-refractivity contribution in [1.29, 1.82) is 0 Å². The van der Waals surface area contributed by atoms with Crippen LogP contribution in [-0.4, -0.2) is 30.0 Å². The Kier molecular flexibility index (Phi) is 6.11. The number of hydrogen-bond acceptors (Lipinski definition) is 3. The van der Waals surface area contributed by atoms with Crippen LogP contribution < -0.4 is 5.32 Å². The zero-order chi connectivity index (χ0) is 22.1. The molecule has 1 amide bonds. The number of carbonyl (C=O) groups excluding carboxylic acids is 1. The van der Waals surface area contributed by atoms with Gasteiger partial charge in [0.05, 0.1) is 0 Å². The summed E-state index contributed by atoms with van der Waals surface area (Å²) in [6.07, 6.45) is 4.11. The average molecular weight is 422 g/mol. The Balaban J connectivity index is 1.42. The van der Waals surface area contributed by atoms with Crippen LogP contribution in [-0.2, 0) is 4.74 Å². The van der Waals surface area contributed by atoms with Gasteiger partial charge in [-0.3, -0.25) is 0 Å². The van der Waals surface area contributed by atoms with Gasteiger partial charge in [-0.25, -0.2) is 4.79 Å². The van der Waals surface area contributed by atoms with Gasteiger partial charge >= 0.3 is 6.09 Å². The Labute approximate surface area is 186 Å². The van der Waals surface area contributed by atoms with Crippen molar-refractivity contribution in [1.82, 2.24) is 5.32 Å². The molecular formula is C27H35NO3. The second-order valence-electron chi connectivity index (χ2n) is 10.3. The largest absolute Gasteiger partial charge is 0.449 e. The molecule has 2 aromatic rings. The number of amides is 1. The SMILES string of the molecule is CC(C)(C)C1CCC(CCO)(NC(=O)OCC2c3ccccc3-c3ccccc32)CC1. The minimum Gasteiger partial charge on any atom is -0.449 e. The number of ether oxygens (including phenoxy) is 1. The van der Waals surface area contributed by atoms with Gasteiger partial charge < -0.3 is 15.2 Å². The third kappa shape index (κ3) is 4.50. The first kappa shape index (κ1) is 21.9. The maximum Gasteiger partial charge on any atom is 0.407 e. The summed E-state index contributed by atoms with van der Waals surface area (Å²) in [4.78, 5) is 12.8. The lowest BCUT2D eigenvalue weighted by Crippen LogP contribution is -2.52. The number of carbonyl (C=O) groups is 1. The van der Waals surface area contributed by atoms with Crippen LogP contribution in [0.2, 0.25) is 0 Å². The summed E-state index contributed by atoms with van der Waals surface area (Å²) in [5.41, 5.74) is 4.79. The predicted molar refractivity (Wildman–Crippen MR) is 124 cm³/mol. The van der Waals surface area contributed by atoms with Crippen LogP contribution in [0.3, 0.4) is 0 Å². The van der Waals surface area contributed by atoms with Crippen molar-refractivity contribution in [3.05, 3.63) is 59.7 Å². The molecule has 0 atom stereocenters. The van der Waals surface area contributed by atoms with Gasteiger partial charge in [-0.1, -0.05) is 69.3 Å². The molecule has 0 aromatic heterocycles. The summed E-state index contributed by atoms with van der Waals surface area (Å²) >= 11 is 0. The smallest absolute Gasteiger partial charge is 0.407 e. The van der Waals surface area contributed by atoms with Crippen molar-refractivity contribution in [2.75, 3.05) is 13.2 Å². The van der Waals surface area contributed by atoms with Crippen LogP contribution in [0.25, 0.3) is 11.1 Å². The summed E-state index contributed by atoms with van der Waals surface area (Å²) < 4.78 is 5.78. The molecule has 4 heteroatoms. The molecule has 0 saturated heterocycles. The van der Waals surface area contributed by atoms with E-state index in [1.54, 1.807) is 0 Å². The fourth-order valence-electron chi connectivity index (χ4n) is 5.54. The molecule has 166 valence electrons. The first-order valence-electron chi connectivity index (χ1n) is 11.6. The van der Waals surface area contributed by atoms with E-state index >= 15 is 0 Å². The molecule has 4 rings (SSSR count). The zero-order valence-electron chi connectivity index (χ0n) is 19.0. The lowest BCUT2D eigenvalue weighted by atomic mass is 9.66. The molecule has 2 aliphatic carbocycles. The maximum absolute atomic E-state index is 12.8. The van der Waals surface area contributed by atoms with Gasteiger partial charge in [0.1, 0.15) is 6.61 Å². The second-order valence-corrected chi connectivity index (χ2v) is 10.3. The molecule has 0 bridgehead atoms. The predicted octanol–water partition coefficient (Wildman–Crippen LogP) is 5.88. The second kappa shape index (κ2) is 8.66. The van der Waals surface area contributed by atoms with Crippen molar-refractivity contribution in [3.8, 4) is 11.1 Å². The highest BCUT2D eigenvalue weighted by Gasteiger charge is 2.40. The fraction of sp³-hybridized carbons (Fsp3) is 0.519. The van der Waals surface area contributed by atoms with Crippen molar-refractivity contribution >= 4 is 6.09 Å². The minimum atomic E-state index is -0.371.